The first-order chi connectivity index (χ1) is 8.60. The molecule has 5 heteroatoms. The number of carbonyl (C=O) groups is 1. The van der Waals surface area contributed by atoms with E-state index in [0.717, 1.165) is 24.8 Å². The van der Waals surface area contributed by atoms with Crippen LogP contribution in [0.5, 0.6) is 0 Å². The lowest BCUT2D eigenvalue weighted by Gasteiger charge is -2.12. The molecule has 0 saturated heterocycles. The minimum atomic E-state index is -1.02. The monoisotopic (exact) mass is 253 g/mol. The topological polar surface area (TPSA) is 71.7 Å². The maximum Gasteiger partial charge on any atom is 0.371 e. The number of rotatable bonds is 5. The maximum absolute atomic E-state index is 10.8. The molecule has 5 nitrogen and oxygen atoms in total. The molecular weight excluding hydrogens is 234 g/mol. The first kappa shape index (κ1) is 13.1. The summed E-state index contributed by atoms with van der Waals surface area (Å²) in [5, 5.41) is 12.3. The second-order valence-electron chi connectivity index (χ2n) is 4.75. The standard InChI is InChI=1S/C13H19NO4/c1-8-9(5-12(18-8)13(15)16)7-14-10-3-4-11(6-10)17-2/h5,10-11,14H,3-4,6-7H2,1-2H3,(H,15,16). The van der Waals surface area contributed by atoms with Gasteiger partial charge < -0.3 is 19.6 Å². The molecule has 0 radical (unpaired) electrons. The second kappa shape index (κ2) is 5.54. The Bertz CT molecular complexity index is 427. The summed E-state index contributed by atoms with van der Waals surface area (Å²) in [5.41, 5.74) is 0.910. The van der Waals surface area contributed by atoms with Crippen LogP contribution < -0.4 is 5.32 Å². The maximum atomic E-state index is 10.8. The average molecular weight is 253 g/mol. The van der Waals surface area contributed by atoms with E-state index in [2.05, 4.69) is 5.32 Å². The third-order valence-corrected chi connectivity index (χ3v) is 3.53. The fourth-order valence-corrected chi connectivity index (χ4v) is 2.39. The van der Waals surface area contributed by atoms with Crippen molar-refractivity contribution < 1.29 is 19.1 Å². The molecule has 2 atom stereocenters. The largest absolute Gasteiger partial charge is 0.475 e. The second-order valence-corrected chi connectivity index (χ2v) is 4.75. The van der Waals surface area contributed by atoms with Crippen LogP contribution in [-0.2, 0) is 11.3 Å². The van der Waals surface area contributed by atoms with Gasteiger partial charge in [0.25, 0.3) is 0 Å². The summed E-state index contributed by atoms with van der Waals surface area (Å²) in [5.74, 6) is -0.351. The number of methoxy groups -OCH3 is 1. The van der Waals surface area contributed by atoms with Crippen LogP contribution >= 0.6 is 0 Å². The van der Waals surface area contributed by atoms with Gasteiger partial charge in [0.2, 0.25) is 5.76 Å². The molecule has 0 amide bonds. The van der Waals surface area contributed by atoms with Gasteiger partial charge in [-0.3, -0.25) is 0 Å². The summed E-state index contributed by atoms with van der Waals surface area (Å²) in [6.07, 6.45) is 3.54. The fraction of sp³-hybridized carbons (Fsp3) is 0.615. The number of hydrogen-bond donors (Lipinski definition) is 2. The summed E-state index contributed by atoms with van der Waals surface area (Å²) in [7, 11) is 1.74. The predicted octanol–water partition coefficient (Wildman–Crippen LogP) is 1.94. The minimum Gasteiger partial charge on any atom is -0.475 e. The van der Waals surface area contributed by atoms with Crippen molar-refractivity contribution in [1.29, 1.82) is 0 Å². The summed E-state index contributed by atoms with van der Waals surface area (Å²) < 4.78 is 10.5. The molecule has 0 bridgehead atoms. The predicted molar refractivity (Wildman–Crippen MR) is 65.7 cm³/mol. The van der Waals surface area contributed by atoms with Crippen molar-refractivity contribution in [1.82, 2.24) is 5.32 Å². The van der Waals surface area contributed by atoms with Gasteiger partial charge in [-0.1, -0.05) is 0 Å². The van der Waals surface area contributed by atoms with Crippen LogP contribution in [0.4, 0.5) is 0 Å². The molecule has 2 N–H and O–H groups in total. The Labute approximate surface area is 106 Å². The zero-order chi connectivity index (χ0) is 13.1. The highest BCUT2D eigenvalue weighted by Gasteiger charge is 2.24. The van der Waals surface area contributed by atoms with E-state index in [9.17, 15) is 4.79 Å². The number of aromatic carboxylic acids is 1. The lowest BCUT2D eigenvalue weighted by Crippen LogP contribution is -2.26. The molecule has 0 spiro atoms. The van der Waals surface area contributed by atoms with Crippen molar-refractivity contribution in [2.24, 2.45) is 0 Å². The summed E-state index contributed by atoms with van der Waals surface area (Å²) in [6, 6.07) is 2.03. The van der Waals surface area contributed by atoms with Crippen LogP contribution in [-0.4, -0.2) is 30.3 Å². The number of carboxylic acid groups (broad SMARTS) is 1. The van der Waals surface area contributed by atoms with Crippen LogP contribution in [0.25, 0.3) is 0 Å². The molecule has 100 valence electrons. The third-order valence-electron chi connectivity index (χ3n) is 3.53. The Morgan fingerprint density at radius 3 is 2.94 bits per heavy atom. The van der Waals surface area contributed by atoms with Gasteiger partial charge in [-0.15, -0.1) is 0 Å². The SMILES string of the molecule is COC1CCC(NCc2cc(C(=O)O)oc2C)C1. The molecule has 2 unspecified atom stereocenters. The molecule has 18 heavy (non-hydrogen) atoms. The molecule has 1 aromatic heterocycles. The van der Waals surface area contributed by atoms with Crippen LogP contribution in [0.1, 0.15) is 41.1 Å². The number of aryl methyl sites for hydroxylation is 1. The van der Waals surface area contributed by atoms with E-state index in [4.69, 9.17) is 14.3 Å². The highest BCUT2D eigenvalue weighted by Crippen LogP contribution is 2.22. The highest BCUT2D eigenvalue weighted by molar-refractivity contribution is 5.84. The van der Waals surface area contributed by atoms with Crippen molar-refractivity contribution in [2.45, 2.75) is 44.9 Å². The summed E-state index contributed by atoms with van der Waals surface area (Å²) >= 11 is 0. The molecule has 2 rings (SSSR count). The Morgan fingerprint density at radius 2 is 2.39 bits per heavy atom. The van der Waals surface area contributed by atoms with Gasteiger partial charge in [0.1, 0.15) is 5.76 Å². The molecular formula is C13H19NO4. The number of furan rings is 1. The molecule has 0 aromatic carbocycles. The smallest absolute Gasteiger partial charge is 0.371 e. The van der Waals surface area contributed by atoms with Crippen molar-refractivity contribution in [2.75, 3.05) is 7.11 Å². The van der Waals surface area contributed by atoms with E-state index in [-0.39, 0.29) is 5.76 Å². The number of carboxylic acids is 1. The lowest BCUT2D eigenvalue weighted by atomic mass is 10.2. The van der Waals surface area contributed by atoms with Crippen LogP contribution in [0.2, 0.25) is 0 Å². The normalized spacial score (nSPS) is 23.4. The molecule has 1 saturated carbocycles. The van der Waals surface area contributed by atoms with Gasteiger partial charge in [0.05, 0.1) is 6.10 Å². The molecule has 0 aliphatic heterocycles. The highest BCUT2D eigenvalue weighted by atomic mass is 16.5. The van der Waals surface area contributed by atoms with Crippen LogP contribution in [0, 0.1) is 6.92 Å². The van der Waals surface area contributed by atoms with Crippen LogP contribution in [0.15, 0.2) is 10.5 Å². The van der Waals surface area contributed by atoms with E-state index in [0.29, 0.717) is 24.5 Å². The fourth-order valence-electron chi connectivity index (χ4n) is 2.39. The quantitative estimate of drug-likeness (QED) is 0.839. The van der Waals surface area contributed by atoms with Crippen molar-refractivity contribution >= 4 is 5.97 Å². The number of hydrogen-bond acceptors (Lipinski definition) is 4. The van der Waals surface area contributed by atoms with Crippen LogP contribution in [0.3, 0.4) is 0 Å². The summed E-state index contributed by atoms with van der Waals surface area (Å²) in [6.45, 7) is 2.43. The average Bonchev–Trinajstić information content (AvgIpc) is 2.93. The molecule has 1 aliphatic carbocycles. The Morgan fingerprint density at radius 1 is 1.61 bits per heavy atom. The van der Waals surface area contributed by atoms with Gasteiger partial charge >= 0.3 is 5.97 Å². The first-order valence-electron chi connectivity index (χ1n) is 6.19. The number of nitrogens with one attached hydrogen (secondary N) is 1. The van der Waals surface area contributed by atoms with Crippen molar-refractivity contribution in [3.05, 3.63) is 23.2 Å². The summed E-state index contributed by atoms with van der Waals surface area (Å²) in [4.78, 5) is 10.8. The van der Waals surface area contributed by atoms with Gasteiger partial charge in [0.15, 0.2) is 0 Å². The van der Waals surface area contributed by atoms with Gasteiger partial charge in [-0.2, -0.15) is 0 Å². The minimum absolute atomic E-state index is 0.00508. The number of ether oxygens (including phenoxy) is 1. The van der Waals surface area contributed by atoms with Crippen molar-refractivity contribution in [3.63, 3.8) is 0 Å². The zero-order valence-electron chi connectivity index (χ0n) is 10.7. The van der Waals surface area contributed by atoms with E-state index in [1.54, 1.807) is 20.1 Å². The van der Waals surface area contributed by atoms with E-state index in [1.165, 1.54) is 0 Å². The molecule has 1 fully saturated rings. The van der Waals surface area contributed by atoms with E-state index in [1.807, 2.05) is 0 Å². The molecule has 1 aromatic rings. The van der Waals surface area contributed by atoms with Gasteiger partial charge in [0, 0.05) is 25.3 Å². The van der Waals surface area contributed by atoms with Crippen molar-refractivity contribution in [3.8, 4) is 0 Å². The van der Waals surface area contributed by atoms with Gasteiger partial charge in [-0.05, 0) is 32.3 Å². The van der Waals surface area contributed by atoms with Gasteiger partial charge in [-0.25, -0.2) is 4.79 Å². The molecule has 1 aliphatic rings. The first-order valence-corrected chi connectivity index (χ1v) is 6.19. The zero-order valence-corrected chi connectivity index (χ0v) is 10.7. The lowest BCUT2D eigenvalue weighted by molar-refractivity contribution is 0.0661. The Balaban J connectivity index is 1.88. The van der Waals surface area contributed by atoms with E-state index >= 15 is 0 Å². The Hall–Kier alpha value is -1.33. The molecule has 1 heterocycles. The van der Waals surface area contributed by atoms with E-state index < -0.39 is 5.97 Å². The Kier molecular flexibility index (Phi) is 4.04. The third kappa shape index (κ3) is 2.91.